The second kappa shape index (κ2) is 10.6. The van der Waals surface area contributed by atoms with E-state index in [1.165, 1.54) is 23.9 Å². The Morgan fingerprint density at radius 3 is 2.21 bits per heavy atom. The summed E-state index contributed by atoms with van der Waals surface area (Å²) >= 11 is 0. The van der Waals surface area contributed by atoms with Gasteiger partial charge in [-0.05, 0) is 62.4 Å². The average molecular weight is 472 g/mol. The van der Waals surface area contributed by atoms with Crippen molar-refractivity contribution in [3.05, 3.63) is 48.0 Å². The maximum atomic E-state index is 13.4. The van der Waals surface area contributed by atoms with Crippen LogP contribution >= 0.6 is 0 Å². The summed E-state index contributed by atoms with van der Waals surface area (Å²) in [6, 6.07) is 12.4. The van der Waals surface area contributed by atoms with E-state index < -0.39 is 10.0 Å². The van der Waals surface area contributed by atoms with Gasteiger partial charge in [-0.1, -0.05) is 25.0 Å². The van der Waals surface area contributed by atoms with Crippen LogP contribution < -0.4 is 15.0 Å². The lowest BCUT2D eigenvalue weighted by molar-refractivity contribution is 0.102. The molecule has 7 nitrogen and oxygen atoms in total. The monoisotopic (exact) mass is 471 g/mol. The summed E-state index contributed by atoms with van der Waals surface area (Å²) in [6.45, 7) is 2.91. The van der Waals surface area contributed by atoms with E-state index in [-0.39, 0.29) is 22.1 Å². The standard InChI is InChI=1S/C25H33N3O4S/c1-32-23-14-13-20(19-24(23)33(30,31)28-17-9-2-3-10-18-28)25(29)26-21-11-5-6-12-22(21)27-15-7-4-8-16-27/h5-6,11-14,19H,2-4,7-10,15-18H2,1H3,(H,26,29). The van der Waals surface area contributed by atoms with E-state index in [0.29, 0.717) is 13.1 Å². The number of carbonyl (C=O) groups excluding carboxylic acids is 1. The minimum Gasteiger partial charge on any atom is -0.495 e. The molecule has 2 aliphatic rings. The van der Waals surface area contributed by atoms with Crippen LogP contribution in [-0.4, -0.2) is 51.9 Å². The topological polar surface area (TPSA) is 79.0 Å². The van der Waals surface area contributed by atoms with Gasteiger partial charge in [0.05, 0.1) is 18.5 Å². The number of hydrogen-bond acceptors (Lipinski definition) is 5. The molecule has 0 saturated carbocycles. The quantitative estimate of drug-likeness (QED) is 0.671. The number of para-hydroxylation sites is 2. The number of carbonyl (C=O) groups is 1. The highest BCUT2D eigenvalue weighted by molar-refractivity contribution is 7.89. The summed E-state index contributed by atoms with van der Waals surface area (Å²) < 4.78 is 33.7. The summed E-state index contributed by atoms with van der Waals surface area (Å²) in [5.41, 5.74) is 2.02. The summed E-state index contributed by atoms with van der Waals surface area (Å²) in [4.78, 5) is 15.5. The van der Waals surface area contributed by atoms with Gasteiger partial charge in [0.15, 0.2) is 0 Å². The fraction of sp³-hybridized carbons (Fsp3) is 0.480. The van der Waals surface area contributed by atoms with Crippen molar-refractivity contribution in [2.75, 3.05) is 43.5 Å². The van der Waals surface area contributed by atoms with Crippen LogP contribution in [0.3, 0.4) is 0 Å². The smallest absolute Gasteiger partial charge is 0.255 e. The molecule has 0 bridgehead atoms. The maximum absolute atomic E-state index is 13.4. The lowest BCUT2D eigenvalue weighted by Crippen LogP contribution is -2.32. The molecule has 0 aliphatic carbocycles. The molecule has 2 heterocycles. The van der Waals surface area contributed by atoms with Crippen LogP contribution in [0.2, 0.25) is 0 Å². The maximum Gasteiger partial charge on any atom is 0.255 e. The van der Waals surface area contributed by atoms with E-state index in [1.807, 2.05) is 24.3 Å². The molecular formula is C25H33N3O4S. The summed E-state index contributed by atoms with van der Waals surface area (Å²) in [5.74, 6) is -0.0843. The van der Waals surface area contributed by atoms with Crippen molar-refractivity contribution < 1.29 is 17.9 Å². The summed E-state index contributed by atoms with van der Waals surface area (Å²) in [5, 5.41) is 3.00. The van der Waals surface area contributed by atoms with Crippen molar-refractivity contribution in [2.45, 2.75) is 49.8 Å². The third-order valence-electron chi connectivity index (χ3n) is 6.46. The van der Waals surface area contributed by atoms with Crippen LogP contribution in [0, 0.1) is 0 Å². The van der Waals surface area contributed by atoms with Gasteiger partial charge in [-0.25, -0.2) is 8.42 Å². The Morgan fingerprint density at radius 1 is 0.879 bits per heavy atom. The third kappa shape index (κ3) is 5.33. The van der Waals surface area contributed by atoms with E-state index in [2.05, 4.69) is 10.2 Å². The van der Waals surface area contributed by atoms with Gasteiger partial charge >= 0.3 is 0 Å². The number of methoxy groups -OCH3 is 1. The molecule has 178 valence electrons. The first-order valence-corrected chi connectivity index (χ1v) is 13.3. The van der Waals surface area contributed by atoms with Crippen molar-refractivity contribution >= 4 is 27.3 Å². The van der Waals surface area contributed by atoms with E-state index >= 15 is 0 Å². The number of hydrogen-bond donors (Lipinski definition) is 1. The highest BCUT2D eigenvalue weighted by Crippen LogP contribution is 2.31. The summed E-state index contributed by atoms with van der Waals surface area (Å²) in [6.07, 6.45) is 7.25. The first kappa shape index (κ1) is 23.6. The molecule has 0 radical (unpaired) electrons. The number of benzene rings is 2. The zero-order valence-electron chi connectivity index (χ0n) is 19.3. The van der Waals surface area contributed by atoms with Gasteiger partial charge in [-0.15, -0.1) is 0 Å². The van der Waals surface area contributed by atoms with Crippen molar-refractivity contribution in [2.24, 2.45) is 0 Å². The molecular weight excluding hydrogens is 438 g/mol. The fourth-order valence-corrected chi connectivity index (χ4v) is 6.32. The highest BCUT2D eigenvalue weighted by atomic mass is 32.2. The van der Waals surface area contributed by atoms with Gasteiger partial charge in [0, 0.05) is 31.7 Å². The molecule has 0 aromatic heterocycles. The number of nitrogens with one attached hydrogen (secondary N) is 1. The Balaban J connectivity index is 1.61. The van der Waals surface area contributed by atoms with Crippen LogP contribution in [0.5, 0.6) is 5.75 Å². The predicted octanol–water partition coefficient (Wildman–Crippen LogP) is 4.50. The zero-order chi connectivity index (χ0) is 23.3. The molecule has 1 N–H and O–H groups in total. The lowest BCUT2D eigenvalue weighted by atomic mass is 10.1. The Morgan fingerprint density at radius 2 is 1.52 bits per heavy atom. The molecule has 2 aromatic carbocycles. The minimum absolute atomic E-state index is 0.0452. The molecule has 4 rings (SSSR count). The Kier molecular flexibility index (Phi) is 7.55. The zero-order valence-corrected chi connectivity index (χ0v) is 20.1. The molecule has 0 spiro atoms. The van der Waals surface area contributed by atoms with Crippen LogP contribution in [0.25, 0.3) is 0 Å². The van der Waals surface area contributed by atoms with E-state index in [0.717, 1.165) is 63.0 Å². The minimum atomic E-state index is -3.76. The van der Waals surface area contributed by atoms with Gasteiger partial charge in [0.1, 0.15) is 10.6 Å². The third-order valence-corrected chi connectivity index (χ3v) is 8.38. The molecule has 2 aliphatic heterocycles. The number of sulfonamides is 1. The van der Waals surface area contributed by atoms with E-state index in [9.17, 15) is 13.2 Å². The molecule has 0 unspecified atom stereocenters. The van der Waals surface area contributed by atoms with Crippen molar-refractivity contribution in [3.8, 4) is 5.75 Å². The van der Waals surface area contributed by atoms with Crippen molar-refractivity contribution in [1.29, 1.82) is 0 Å². The SMILES string of the molecule is COc1ccc(C(=O)Nc2ccccc2N2CCCCC2)cc1S(=O)(=O)N1CCCCCC1. The number of anilines is 2. The highest BCUT2D eigenvalue weighted by Gasteiger charge is 2.29. The largest absolute Gasteiger partial charge is 0.495 e. The Bertz CT molecular complexity index is 1070. The first-order valence-electron chi connectivity index (χ1n) is 11.8. The number of nitrogens with zero attached hydrogens (tertiary/aromatic N) is 2. The van der Waals surface area contributed by atoms with Crippen molar-refractivity contribution in [1.82, 2.24) is 4.31 Å². The van der Waals surface area contributed by atoms with Crippen LogP contribution in [-0.2, 0) is 10.0 Å². The number of amides is 1. The number of rotatable bonds is 6. The predicted molar refractivity (Wildman–Crippen MR) is 131 cm³/mol. The van der Waals surface area contributed by atoms with Gasteiger partial charge in [-0.3, -0.25) is 4.79 Å². The van der Waals surface area contributed by atoms with Crippen LogP contribution in [0.1, 0.15) is 55.3 Å². The molecule has 2 aromatic rings. The number of piperidine rings is 1. The Hall–Kier alpha value is -2.58. The van der Waals surface area contributed by atoms with Crippen LogP contribution in [0.15, 0.2) is 47.4 Å². The van der Waals surface area contributed by atoms with E-state index in [4.69, 9.17) is 4.74 Å². The lowest BCUT2D eigenvalue weighted by Gasteiger charge is -2.30. The molecule has 2 saturated heterocycles. The second-order valence-corrected chi connectivity index (χ2v) is 10.6. The first-order chi connectivity index (χ1) is 16.0. The van der Waals surface area contributed by atoms with E-state index in [1.54, 1.807) is 12.1 Å². The molecule has 33 heavy (non-hydrogen) atoms. The molecule has 1 amide bonds. The van der Waals surface area contributed by atoms with Gasteiger partial charge in [0.2, 0.25) is 10.0 Å². The average Bonchev–Trinajstić information content (AvgIpc) is 3.15. The fourth-order valence-electron chi connectivity index (χ4n) is 4.63. The summed E-state index contributed by atoms with van der Waals surface area (Å²) in [7, 11) is -2.31. The normalized spacial score (nSPS) is 17.9. The molecule has 2 fully saturated rings. The van der Waals surface area contributed by atoms with Gasteiger partial charge < -0.3 is 15.0 Å². The van der Waals surface area contributed by atoms with Gasteiger partial charge in [0.25, 0.3) is 5.91 Å². The Labute approximate surface area is 196 Å². The molecule has 0 atom stereocenters. The second-order valence-electron chi connectivity index (χ2n) is 8.70. The van der Waals surface area contributed by atoms with Gasteiger partial charge in [-0.2, -0.15) is 4.31 Å². The van der Waals surface area contributed by atoms with Crippen molar-refractivity contribution in [3.63, 3.8) is 0 Å². The molecule has 8 heteroatoms. The number of ether oxygens (including phenoxy) is 1. The van der Waals surface area contributed by atoms with Crippen LogP contribution in [0.4, 0.5) is 11.4 Å².